The average Bonchev–Trinajstić information content (AvgIpc) is 2.27. The van der Waals surface area contributed by atoms with Crippen LogP contribution >= 0.6 is 0 Å². The van der Waals surface area contributed by atoms with Crippen LogP contribution in [-0.2, 0) is 4.74 Å². The van der Waals surface area contributed by atoms with E-state index in [0.29, 0.717) is 6.61 Å². The topological polar surface area (TPSA) is 42.3 Å². The maximum absolute atomic E-state index is 7.50. The highest BCUT2D eigenvalue weighted by molar-refractivity contribution is 5.97. The summed E-state index contributed by atoms with van der Waals surface area (Å²) in [6, 6.07) is 7.74. The lowest BCUT2D eigenvalue weighted by molar-refractivity contribution is 0.338. The summed E-state index contributed by atoms with van der Waals surface area (Å²) in [4.78, 5) is 0. The van der Waals surface area contributed by atoms with Gasteiger partial charge in [-0.3, -0.25) is 5.41 Å². The predicted molar refractivity (Wildman–Crippen MR) is 54.6 cm³/mol. The molecule has 0 saturated heterocycles. The summed E-state index contributed by atoms with van der Waals surface area (Å²) in [6.45, 7) is 0.406. The van der Waals surface area contributed by atoms with Crippen molar-refractivity contribution >= 4 is 12.0 Å². The highest BCUT2D eigenvalue weighted by Gasteiger charge is 2.14. The Balaban J connectivity index is 2.36. The Hall–Kier alpha value is -1.77. The molecule has 1 aliphatic heterocycles. The van der Waals surface area contributed by atoms with Gasteiger partial charge in [0.15, 0.2) is 0 Å². The lowest BCUT2D eigenvalue weighted by Crippen LogP contribution is -2.15. The fraction of sp³-hybridized carbons (Fsp3) is 0.182. The van der Waals surface area contributed by atoms with Gasteiger partial charge in [0.2, 0.25) is 5.90 Å². The summed E-state index contributed by atoms with van der Waals surface area (Å²) in [5.74, 6) is 1.03. The number of nitrogens with one attached hydrogen (secondary N) is 1. The Bertz CT molecular complexity index is 396. The Morgan fingerprint density at radius 1 is 1.43 bits per heavy atom. The van der Waals surface area contributed by atoms with E-state index >= 15 is 0 Å². The summed E-state index contributed by atoms with van der Waals surface area (Å²) in [6.07, 6.45) is 1.92. The third-order valence-electron chi connectivity index (χ3n) is 2.13. The number of para-hydroxylation sites is 1. The van der Waals surface area contributed by atoms with Crippen LogP contribution in [0.25, 0.3) is 6.08 Å². The van der Waals surface area contributed by atoms with Crippen LogP contribution in [0.2, 0.25) is 0 Å². The van der Waals surface area contributed by atoms with E-state index in [-0.39, 0.29) is 5.90 Å². The third-order valence-corrected chi connectivity index (χ3v) is 2.13. The Kier molecular flexibility index (Phi) is 2.23. The first-order valence-corrected chi connectivity index (χ1v) is 4.36. The third kappa shape index (κ3) is 1.48. The van der Waals surface area contributed by atoms with Crippen molar-refractivity contribution in [2.24, 2.45) is 0 Å². The lowest BCUT2D eigenvalue weighted by Gasteiger charge is -2.17. The zero-order valence-corrected chi connectivity index (χ0v) is 7.91. The molecule has 0 bridgehead atoms. The molecule has 0 radical (unpaired) electrons. The van der Waals surface area contributed by atoms with Gasteiger partial charge in [-0.1, -0.05) is 18.2 Å². The molecule has 14 heavy (non-hydrogen) atoms. The van der Waals surface area contributed by atoms with Gasteiger partial charge in [-0.2, -0.15) is 0 Å². The van der Waals surface area contributed by atoms with Gasteiger partial charge in [0.1, 0.15) is 12.4 Å². The monoisotopic (exact) mass is 189 g/mol. The van der Waals surface area contributed by atoms with Crippen LogP contribution in [0.3, 0.4) is 0 Å². The van der Waals surface area contributed by atoms with Crippen LogP contribution < -0.4 is 4.74 Å². The zero-order valence-electron chi connectivity index (χ0n) is 7.91. The molecule has 3 nitrogen and oxygen atoms in total. The van der Waals surface area contributed by atoms with E-state index in [9.17, 15) is 0 Å². The molecule has 1 aromatic rings. The van der Waals surface area contributed by atoms with Gasteiger partial charge in [0.25, 0.3) is 0 Å². The second-order valence-corrected chi connectivity index (χ2v) is 3.03. The van der Waals surface area contributed by atoms with Gasteiger partial charge in [-0.05, 0) is 12.1 Å². The minimum atomic E-state index is 0.166. The number of fused-ring (bicyclic) bond motifs is 1. The maximum atomic E-state index is 7.50. The van der Waals surface area contributed by atoms with E-state index in [2.05, 4.69) is 0 Å². The quantitative estimate of drug-likeness (QED) is 0.543. The fourth-order valence-electron chi connectivity index (χ4n) is 1.38. The molecular weight excluding hydrogens is 178 g/mol. The molecule has 1 aliphatic rings. The molecule has 1 heterocycles. The summed E-state index contributed by atoms with van der Waals surface area (Å²) >= 11 is 0. The van der Waals surface area contributed by atoms with E-state index in [4.69, 9.17) is 14.9 Å². The molecular formula is C11H11NO2. The molecule has 0 spiro atoms. The number of methoxy groups -OCH3 is 1. The van der Waals surface area contributed by atoms with Crippen molar-refractivity contribution in [1.29, 1.82) is 5.41 Å². The van der Waals surface area contributed by atoms with Crippen LogP contribution in [0, 0.1) is 5.41 Å². The van der Waals surface area contributed by atoms with Crippen LogP contribution in [0.5, 0.6) is 5.75 Å². The molecule has 1 aromatic carbocycles. The standard InChI is InChI=1S/C11H11NO2/c1-13-11(12)9-6-8-4-2-3-5-10(8)14-7-9/h2-6,12H,7H2,1H3. The normalized spacial score (nSPS) is 13.6. The molecule has 0 aromatic heterocycles. The maximum Gasteiger partial charge on any atom is 0.212 e. The molecule has 0 amide bonds. The van der Waals surface area contributed by atoms with Crippen molar-refractivity contribution in [3.05, 3.63) is 35.4 Å². The fourth-order valence-corrected chi connectivity index (χ4v) is 1.38. The van der Waals surface area contributed by atoms with Gasteiger partial charge in [-0.15, -0.1) is 0 Å². The largest absolute Gasteiger partial charge is 0.488 e. The van der Waals surface area contributed by atoms with Crippen LogP contribution in [-0.4, -0.2) is 19.6 Å². The number of hydrogen-bond donors (Lipinski definition) is 1. The first-order valence-electron chi connectivity index (χ1n) is 4.36. The molecule has 2 rings (SSSR count). The van der Waals surface area contributed by atoms with Gasteiger partial charge in [-0.25, -0.2) is 0 Å². The SMILES string of the molecule is COC(=N)C1=Cc2ccccc2OC1. The van der Waals surface area contributed by atoms with E-state index in [1.807, 2.05) is 30.3 Å². The van der Waals surface area contributed by atoms with E-state index in [1.54, 1.807) is 0 Å². The van der Waals surface area contributed by atoms with Crippen molar-refractivity contribution in [2.75, 3.05) is 13.7 Å². The average molecular weight is 189 g/mol. The number of hydrogen-bond acceptors (Lipinski definition) is 3. The molecule has 0 unspecified atom stereocenters. The van der Waals surface area contributed by atoms with Crippen molar-refractivity contribution < 1.29 is 9.47 Å². The second kappa shape index (κ2) is 3.54. The van der Waals surface area contributed by atoms with E-state index in [1.165, 1.54) is 7.11 Å². The Morgan fingerprint density at radius 3 is 3.00 bits per heavy atom. The highest BCUT2D eigenvalue weighted by atomic mass is 16.5. The number of benzene rings is 1. The van der Waals surface area contributed by atoms with Crippen LogP contribution in [0.15, 0.2) is 29.8 Å². The van der Waals surface area contributed by atoms with Gasteiger partial charge in [0.05, 0.1) is 12.7 Å². The Morgan fingerprint density at radius 2 is 2.21 bits per heavy atom. The molecule has 3 heteroatoms. The van der Waals surface area contributed by atoms with Crippen molar-refractivity contribution in [3.63, 3.8) is 0 Å². The van der Waals surface area contributed by atoms with Crippen molar-refractivity contribution in [3.8, 4) is 5.75 Å². The Labute approximate surface area is 82.5 Å². The molecule has 0 atom stereocenters. The second-order valence-electron chi connectivity index (χ2n) is 3.03. The molecule has 0 saturated carbocycles. The molecule has 1 N–H and O–H groups in total. The first kappa shape index (κ1) is 8.81. The van der Waals surface area contributed by atoms with Crippen LogP contribution in [0.1, 0.15) is 5.56 Å². The molecule has 0 aliphatic carbocycles. The number of ether oxygens (including phenoxy) is 2. The molecule has 0 fully saturated rings. The van der Waals surface area contributed by atoms with E-state index in [0.717, 1.165) is 16.9 Å². The van der Waals surface area contributed by atoms with Crippen LogP contribution in [0.4, 0.5) is 0 Å². The van der Waals surface area contributed by atoms with Gasteiger partial charge >= 0.3 is 0 Å². The highest BCUT2D eigenvalue weighted by Crippen LogP contribution is 2.25. The first-order chi connectivity index (χ1) is 6.81. The van der Waals surface area contributed by atoms with Gasteiger partial charge in [0, 0.05) is 5.56 Å². The minimum absolute atomic E-state index is 0.166. The lowest BCUT2D eigenvalue weighted by atomic mass is 10.1. The van der Waals surface area contributed by atoms with E-state index < -0.39 is 0 Å². The smallest absolute Gasteiger partial charge is 0.212 e. The van der Waals surface area contributed by atoms with Crippen molar-refractivity contribution in [1.82, 2.24) is 0 Å². The predicted octanol–water partition coefficient (Wildman–Crippen LogP) is 2.09. The summed E-state index contributed by atoms with van der Waals surface area (Å²) in [7, 11) is 1.49. The summed E-state index contributed by atoms with van der Waals surface area (Å²) in [5, 5.41) is 7.50. The summed E-state index contributed by atoms with van der Waals surface area (Å²) in [5.41, 5.74) is 1.77. The molecule has 72 valence electrons. The minimum Gasteiger partial charge on any atom is -0.488 e. The summed E-state index contributed by atoms with van der Waals surface area (Å²) < 4.78 is 10.3. The van der Waals surface area contributed by atoms with Gasteiger partial charge < -0.3 is 9.47 Å². The number of rotatable bonds is 1. The van der Waals surface area contributed by atoms with Crippen molar-refractivity contribution in [2.45, 2.75) is 0 Å². The zero-order chi connectivity index (χ0) is 9.97.